The van der Waals surface area contributed by atoms with Gasteiger partial charge in [0.25, 0.3) is 5.22 Å². The third kappa shape index (κ3) is 5.26. The predicted molar refractivity (Wildman–Crippen MR) is 123 cm³/mol. The summed E-state index contributed by atoms with van der Waals surface area (Å²) in [4.78, 5) is 13.0. The molecule has 31 heavy (non-hydrogen) atoms. The van der Waals surface area contributed by atoms with Crippen LogP contribution in [0.2, 0.25) is 0 Å². The summed E-state index contributed by atoms with van der Waals surface area (Å²) >= 11 is 1.03. The number of Topliss-reactive ketones (excluding diaryl/α,β-unsaturated/α-hetero) is 1. The van der Waals surface area contributed by atoms with Crippen molar-refractivity contribution in [3.63, 3.8) is 0 Å². The minimum absolute atomic E-state index is 0.201. The lowest BCUT2D eigenvalue weighted by molar-refractivity contribution is 0.106. The molecule has 1 N–H and O–H groups in total. The van der Waals surface area contributed by atoms with Crippen molar-refractivity contribution in [2.75, 3.05) is 5.43 Å². The number of anilines is 1. The number of nitrogens with zero attached hydrogens (tertiary/aromatic N) is 3. The summed E-state index contributed by atoms with van der Waals surface area (Å²) in [5, 5.41) is 13.0. The molecule has 0 saturated carbocycles. The fourth-order valence-corrected chi connectivity index (χ4v) is 3.46. The van der Waals surface area contributed by atoms with Crippen molar-refractivity contribution in [2.45, 2.75) is 18.6 Å². The molecule has 0 saturated heterocycles. The van der Waals surface area contributed by atoms with Gasteiger partial charge in [-0.2, -0.15) is 5.10 Å². The third-order valence-corrected chi connectivity index (χ3v) is 5.30. The van der Waals surface area contributed by atoms with Crippen LogP contribution in [0.1, 0.15) is 22.8 Å². The van der Waals surface area contributed by atoms with E-state index in [1.54, 1.807) is 12.1 Å². The Morgan fingerprint density at radius 2 is 1.61 bits per heavy atom. The topological polar surface area (TPSA) is 80.4 Å². The van der Waals surface area contributed by atoms with Gasteiger partial charge in [0.1, 0.15) is 0 Å². The number of aromatic nitrogens is 2. The van der Waals surface area contributed by atoms with E-state index in [1.807, 2.05) is 72.8 Å². The van der Waals surface area contributed by atoms with Crippen LogP contribution in [0.5, 0.6) is 0 Å². The van der Waals surface area contributed by atoms with Gasteiger partial charge in [-0.1, -0.05) is 67.6 Å². The molecule has 1 aromatic heterocycles. The second-order valence-corrected chi connectivity index (χ2v) is 7.56. The second kappa shape index (κ2) is 9.86. The quantitative estimate of drug-likeness (QED) is 0.134. The summed E-state index contributed by atoms with van der Waals surface area (Å²) < 4.78 is 5.79. The molecule has 4 aromatic rings. The molecule has 7 heteroatoms. The number of aryl methyl sites for hydroxylation is 1. The molecule has 154 valence electrons. The zero-order valence-corrected chi connectivity index (χ0v) is 17.7. The first kappa shape index (κ1) is 20.6. The molecule has 0 fully saturated rings. The molecule has 0 unspecified atom stereocenters. The van der Waals surface area contributed by atoms with Crippen molar-refractivity contribution in [1.82, 2.24) is 10.2 Å². The standard InChI is InChI=1S/C24H20N4O2S/c1-2-17-13-15-19(16-14-17)22-26-28-24(30-22)31-23(21(29)18-9-5-3-6-10-18)27-25-20-11-7-4-8-12-20/h3-16,25H,2H2,1H3/b27-23-. The van der Waals surface area contributed by atoms with Crippen LogP contribution >= 0.6 is 11.8 Å². The van der Waals surface area contributed by atoms with Crippen LogP contribution in [0.25, 0.3) is 11.5 Å². The second-order valence-electron chi connectivity index (χ2n) is 6.62. The van der Waals surface area contributed by atoms with E-state index in [-0.39, 0.29) is 16.0 Å². The fraction of sp³-hybridized carbons (Fsp3) is 0.0833. The lowest BCUT2D eigenvalue weighted by Gasteiger charge is -2.05. The van der Waals surface area contributed by atoms with Crippen LogP contribution in [-0.4, -0.2) is 21.0 Å². The van der Waals surface area contributed by atoms with Gasteiger partial charge in [-0.15, -0.1) is 10.2 Å². The maximum absolute atomic E-state index is 13.0. The van der Waals surface area contributed by atoms with Crippen LogP contribution < -0.4 is 5.43 Å². The van der Waals surface area contributed by atoms with Crippen LogP contribution in [0.3, 0.4) is 0 Å². The first-order valence-electron chi connectivity index (χ1n) is 9.82. The first-order valence-corrected chi connectivity index (χ1v) is 10.6. The average Bonchev–Trinajstić information content (AvgIpc) is 3.31. The predicted octanol–water partition coefficient (Wildman–Crippen LogP) is 5.70. The normalized spacial score (nSPS) is 11.3. The van der Waals surface area contributed by atoms with Gasteiger partial charge in [0.15, 0.2) is 5.04 Å². The Morgan fingerprint density at radius 1 is 0.935 bits per heavy atom. The molecular formula is C24H20N4O2S. The van der Waals surface area contributed by atoms with Gasteiger partial charge in [0.05, 0.1) is 5.69 Å². The molecule has 0 spiro atoms. The van der Waals surface area contributed by atoms with Gasteiger partial charge in [0.2, 0.25) is 11.7 Å². The van der Waals surface area contributed by atoms with Crippen LogP contribution in [0.4, 0.5) is 5.69 Å². The summed E-state index contributed by atoms with van der Waals surface area (Å²) in [7, 11) is 0. The number of rotatable bonds is 7. The number of carbonyl (C=O) groups is 1. The number of hydrogen-bond donors (Lipinski definition) is 1. The van der Waals surface area contributed by atoms with E-state index < -0.39 is 0 Å². The summed E-state index contributed by atoms with van der Waals surface area (Å²) in [6.45, 7) is 2.10. The van der Waals surface area contributed by atoms with Gasteiger partial charge >= 0.3 is 0 Å². The third-order valence-electron chi connectivity index (χ3n) is 4.49. The van der Waals surface area contributed by atoms with E-state index in [4.69, 9.17) is 4.42 Å². The zero-order valence-electron chi connectivity index (χ0n) is 16.9. The van der Waals surface area contributed by atoms with Crippen molar-refractivity contribution in [3.8, 4) is 11.5 Å². The number of carbonyl (C=O) groups excluding carboxylic acids is 1. The van der Waals surface area contributed by atoms with Gasteiger partial charge < -0.3 is 4.42 Å². The number of hydrogen-bond acceptors (Lipinski definition) is 7. The summed E-state index contributed by atoms with van der Waals surface area (Å²) in [6.07, 6.45) is 0.959. The summed E-state index contributed by atoms with van der Waals surface area (Å²) in [5.41, 5.74) is 6.27. The van der Waals surface area contributed by atoms with Crippen LogP contribution in [-0.2, 0) is 6.42 Å². The Bertz CT molecular complexity index is 1170. The number of benzene rings is 3. The van der Waals surface area contributed by atoms with E-state index in [9.17, 15) is 4.79 Å². The highest BCUT2D eigenvalue weighted by molar-refractivity contribution is 8.15. The highest BCUT2D eigenvalue weighted by atomic mass is 32.2. The Labute approximate surface area is 184 Å². The minimum atomic E-state index is -0.235. The molecule has 4 rings (SSSR count). The number of para-hydroxylation sites is 1. The van der Waals surface area contributed by atoms with E-state index >= 15 is 0 Å². The Balaban J connectivity index is 1.58. The summed E-state index contributed by atoms with van der Waals surface area (Å²) in [6, 6.07) is 26.3. The lowest BCUT2D eigenvalue weighted by atomic mass is 10.1. The minimum Gasteiger partial charge on any atom is -0.411 e. The molecular weight excluding hydrogens is 408 g/mol. The average molecular weight is 429 g/mol. The molecule has 0 bridgehead atoms. The number of hydrazone groups is 1. The Hall–Kier alpha value is -3.71. The van der Waals surface area contributed by atoms with Crippen molar-refractivity contribution < 1.29 is 9.21 Å². The van der Waals surface area contributed by atoms with Gasteiger partial charge in [-0.05, 0) is 48.0 Å². The van der Waals surface area contributed by atoms with Gasteiger partial charge in [0, 0.05) is 11.1 Å². The van der Waals surface area contributed by atoms with E-state index in [1.165, 1.54) is 5.56 Å². The molecule has 1 heterocycles. The maximum atomic E-state index is 13.0. The number of nitrogens with one attached hydrogen (secondary N) is 1. The Morgan fingerprint density at radius 3 is 2.29 bits per heavy atom. The highest BCUT2D eigenvalue weighted by Gasteiger charge is 2.20. The molecule has 3 aromatic carbocycles. The van der Waals surface area contributed by atoms with Gasteiger partial charge in [-0.25, -0.2) is 0 Å². The van der Waals surface area contributed by atoms with Crippen LogP contribution in [0, 0.1) is 0 Å². The van der Waals surface area contributed by atoms with Crippen molar-refractivity contribution in [1.29, 1.82) is 0 Å². The number of ketones is 1. The van der Waals surface area contributed by atoms with E-state index in [0.717, 1.165) is 29.4 Å². The highest BCUT2D eigenvalue weighted by Crippen LogP contribution is 2.26. The monoisotopic (exact) mass is 428 g/mol. The molecule has 6 nitrogen and oxygen atoms in total. The van der Waals surface area contributed by atoms with Crippen LogP contribution in [0.15, 0.2) is 99.7 Å². The number of thioether (sulfide) groups is 1. The molecule has 0 radical (unpaired) electrons. The molecule has 0 aliphatic rings. The molecule has 0 aliphatic carbocycles. The zero-order chi connectivity index (χ0) is 21.5. The summed E-state index contributed by atoms with van der Waals surface area (Å²) in [5.74, 6) is 0.161. The van der Waals surface area contributed by atoms with E-state index in [0.29, 0.717) is 11.5 Å². The molecule has 0 aliphatic heterocycles. The van der Waals surface area contributed by atoms with Crippen molar-refractivity contribution in [2.24, 2.45) is 5.10 Å². The van der Waals surface area contributed by atoms with Crippen molar-refractivity contribution in [3.05, 3.63) is 96.1 Å². The van der Waals surface area contributed by atoms with E-state index in [2.05, 4.69) is 27.6 Å². The largest absolute Gasteiger partial charge is 0.411 e. The molecule has 0 atom stereocenters. The lowest BCUT2D eigenvalue weighted by Crippen LogP contribution is -2.13. The van der Waals surface area contributed by atoms with Gasteiger partial charge in [-0.3, -0.25) is 10.2 Å². The Kier molecular flexibility index (Phi) is 6.54. The molecule has 0 amide bonds. The smallest absolute Gasteiger partial charge is 0.283 e. The first-order chi connectivity index (χ1) is 15.2. The fourth-order valence-electron chi connectivity index (χ4n) is 2.79. The SMILES string of the molecule is CCc1ccc(-c2nnc(S/C(=N\Nc3ccccc3)C(=O)c3ccccc3)o2)cc1. The maximum Gasteiger partial charge on any atom is 0.283 e. The van der Waals surface area contributed by atoms with Crippen molar-refractivity contribution >= 4 is 28.3 Å².